The van der Waals surface area contributed by atoms with Crippen molar-refractivity contribution in [3.05, 3.63) is 52.1 Å². The van der Waals surface area contributed by atoms with Gasteiger partial charge in [-0.3, -0.25) is 24.6 Å². The summed E-state index contributed by atoms with van der Waals surface area (Å²) in [7, 11) is 0. The zero-order chi connectivity index (χ0) is 22.0. The molecule has 0 radical (unpaired) electrons. The van der Waals surface area contributed by atoms with Crippen LogP contribution in [0.15, 0.2) is 41.4 Å². The number of guanidine groups is 1. The van der Waals surface area contributed by atoms with Crippen molar-refractivity contribution in [2.24, 2.45) is 28.7 Å². The van der Waals surface area contributed by atoms with Crippen molar-refractivity contribution in [2.45, 2.75) is 26.3 Å². The van der Waals surface area contributed by atoms with Crippen LogP contribution >= 0.6 is 24.0 Å². The third-order valence-corrected chi connectivity index (χ3v) is 6.32. The molecule has 4 atom stereocenters. The summed E-state index contributed by atoms with van der Waals surface area (Å²) < 4.78 is 0. The Morgan fingerprint density at radius 3 is 2.31 bits per heavy atom. The number of rotatable bonds is 8. The van der Waals surface area contributed by atoms with Gasteiger partial charge in [0.2, 0.25) is 11.8 Å². The molecule has 3 aliphatic rings. The summed E-state index contributed by atoms with van der Waals surface area (Å²) in [4.78, 5) is 41.7. The number of amides is 2. The van der Waals surface area contributed by atoms with Crippen molar-refractivity contribution in [3.63, 3.8) is 0 Å². The smallest absolute Gasteiger partial charge is 0.269 e. The third-order valence-electron chi connectivity index (χ3n) is 6.32. The van der Waals surface area contributed by atoms with Crippen molar-refractivity contribution in [3.8, 4) is 0 Å². The molecule has 4 unspecified atom stereocenters. The number of hydrogen-bond acceptors (Lipinski definition) is 5. The Labute approximate surface area is 203 Å². The Morgan fingerprint density at radius 2 is 1.75 bits per heavy atom. The van der Waals surface area contributed by atoms with Crippen LogP contribution in [0.3, 0.4) is 0 Å². The summed E-state index contributed by atoms with van der Waals surface area (Å²) in [5, 5.41) is 17.1. The van der Waals surface area contributed by atoms with Crippen molar-refractivity contribution in [1.82, 2.24) is 15.5 Å². The Bertz CT molecular complexity index is 903. The lowest BCUT2D eigenvalue weighted by atomic mass is 9.85. The van der Waals surface area contributed by atoms with E-state index in [1.54, 1.807) is 12.1 Å². The molecule has 2 bridgehead atoms. The van der Waals surface area contributed by atoms with Gasteiger partial charge in [-0.05, 0) is 37.2 Å². The van der Waals surface area contributed by atoms with Crippen LogP contribution in [-0.2, 0) is 16.1 Å². The van der Waals surface area contributed by atoms with Gasteiger partial charge in [0.05, 0.1) is 23.3 Å². The normalized spacial score (nSPS) is 25.7. The quantitative estimate of drug-likeness (QED) is 0.0747. The van der Waals surface area contributed by atoms with Gasteiger partial charge in [-0.2, -0.15) is 0 Å². The van der Waals surface area contributed by atoms with Gasteiger partial charge in [-0.15, -0.1) is 24.0 Å². The summed E-state index contributed by atoms with van der Waals surface area (Å²) in [5.74, 6) is 0.797. The Balaban J connectivity index is 0.00000289. The van der Waals surface area contributed by atoms with E-state index < -0.39 is 4.92 Å². The molecule has 9 nitrogen and oxygen atoms in total. The van der Waals surface area contributed by atoms with Crippen LogP contribution in [-0.4, -0.2) is 47.2 Å². The zero-order valence-corrected chi connectivity index (χ0v) is 20.2. The molecule has 172 valence electrons. The van der Waals surface area contributed by atoms with Crippen molar-refractivity contribution >= 4 is 47.4 Å². The van der Waals surface area contributed by atoms with E-state index in [0.29, 0.717) is 38.6 Å². The first-order valence-corrected chi connectivity index (χ1v) is 10.8. The minimum absolute atomic E-state index is 0. The van der Waals surface area contributed by atoms with E-state index in [0.717, 1.165) is 12.0 Å². The topological polar surface area (TPSA) is 117 Å². The van der Waals surface area contributed by atoms with Crippen molar-refractivity contribution in [1.29, 1.82) is 0 Å². The molecule has 4 rings (SSSR count). The number of halogens is 1. The van der Waals surface area contributed by atoms with Gasteiger partial charge in [-0.25, -0.2) is 4.99 Å². The van der Waals surface area contributed by atoms with Crippen LogP contribution in [0.4, 0.5) is 5.69 Å². The maximum atomic E-state index is 12.7. The number of aliphatic imine (C=N–C) groups is 1. The summed E-state index contributed by atoms with van der Waals surface area (Å²) in [5.41, 5.74) is 0.919. The van der Waals surface area contributed by atoms with E-state index in [1.807, 2.05) is 6.92 Å². The van der Waals surface area contributed by atoms with Gasteiger partial charge in [0, 0.05) is 31.8 Å². The molecule has 1 saturated carbocycles. The molecule has 2 N–H and O–H groups in total. The zero-order valence-electron chi connectivity index (χ0n) is 17.9. The lowest BCUT2D eigenvalue weighted by Crippen LogP contribution is -2.40. The SMILES string of the molecule is CCNC(=NCc1ccc([N+](=O)[O-])cc1)NCCCN1C(=O)C2C3C=CC(C3)C2C1=O.I. The molecule has 10 heteroatoms. The Kier molecular flexibility index (Phi) is 7.86. The minimum Gasteiger partial charge on any atom is -0.357 e. The standard InChI is InChI=1S/C22H27N5O4.HI/c1-2-23-22(25-13-14-4-8-17(9-5-14)27(30)31)24-10-3-11-26-20(28)18-15-6-7-16(12-15)19(18)21(26)29;/h4-9,15-16,18-19H,2-3,10-13H2,1H3,(H2,23,24,25);1H. The number of likely N-dealkylation sites (tertiary alicyclic amines) is 1. The van der Waals surface area contributed by atoms with E-state index in [-0.39, 0.29) is 65.2 Å². The lowest BCUT2D eigenvalue weighted by Gasteiger charge is -2.18. The average molecular weight is 553 g/mol. The molecule has 32 heavy (non-hydrogen) atoms. The van der Waals surface area contributed by atoms with Gasteiger partial charge in [-0.1, -0.05) is 24.3 Å². The second-order valence-corrected chi connectivity index (χ2v) is 8.23. The monoisotopic (exact) mass is 553 g/mol. The highest BCUT2D eigenvalue weighted by Crippen LogP contribution is 2.52. The molecule has 1 aromatic carbocycles. The van der Waals surface area contributed by atoms with E-state index in [1.165, 1.54) is 17.0 Å². The predicted octanol–water partition coefficient (Wildman–Crippen LogP) is 2.47. The number of nitro benzene ring substituents is 1. The van der Waals surface area contributed by atoms with Gasteiger partial charge in [0.15, 0.2) is 5.96 Å². The number of non-ortho nitro benzene ring substituents is 1. The lowest BCUT2D eigenvalue weighted by molar-refractivity contribution is -0.384. The summed E-state index contributed by atoms with van der Waals surface area (Å²) in [6.07, 6.45) is 5.79. The molecule has 1 aliphatic heterocycles. The maximum Gasteiger partial charge on any atom is 0.269 e. The fourth-order valence-electron chi connectivity index (χ4n) is 4.86. The predicted molar refractivity (Wildman–Crippen MR) is 130 cm³/mol. The number of benzene rings is 1. The number of nitrogens with one attached hydrogen (secondary N) is 2. The van der Waals surface area contributed by atoms with Crippen LogP contribution in [0.2, 0.25) is 0 Å². The highest BCUT2D eigenvalue weighted by Gasteiger charge is 2.58. The van der Waals surface area contributed by atoms with Crippen LogP contribution in [0.5, 0.6) is 0 Å². The number of imide groups is 1. The first kappa shape index (κ1) is 24.1. The van der Waals surface area contributed by atoms with Gasteiger partial charge < -0.3 is 10.6 Å². The molecular weight excluding hydrogens is 525 g/mol. The highest BCUT2D eigenvalue weighted by atomic mass is 127. The van der Waals surface area contributed by atoms with Crippen LogP contribution < -0.4 is 10.6 Å². The summed E-state index contributed by atoms with van der Waals surface area (Å²) in [6, 6.07) is 6.31. The van der Waals surface area contributed by atoms with Crippen LogP contribution in [0, 0.1) is 33.8 Å². The molecule has 1 saturated heterocycles. The number of carbonyl (C=O) groups excluding carboxylic acids is 2. The molecule has 2 amide bonds. The van der Waals surface area contributed by atoms with E-state index in [2.05, 4.69) is 27.8 Å². The fourth-order valence-corrected chi connectivity index (χ4v) is 4.86. The fraction of sp³-hybridized carbons (Fsp3) is 0.500. The first-order chi connectivity index (χ1) is 15.0. The number of fused-ring (bicyclic) bond motifs is 5. The molecule has 0 aromatic heterocycles. The Morgan fingerprint density at radius 1 is 1.12 bits per heavy atom. The van der Waals surface area contributed by atoms with Gasteiger partial charge in [0.25, 0.3) is 5.69 Å². The molecule has 1 heterocycles. The molecular formula is C22H28IN5O4. The summed E-state index contributed by atoms with van der Waals surface area (Å²) >= 11 is 0. The molecule has 2 aliphatic carbocycles. The number of hydrogen-bond donors (Lipinski definition) is 2. The van der Waals surface area contributed by atoms with Crippen LogP contribution in [0.1, 0.15) is 25.3 Å². The van der Waals surface area contributed by atoms with E-state index in [9.17, 15) is 19.7 Å². The number of nitrogens with zero attached hydrogens (tertiary/aromatic N) is 3. The number of carbonyl (C=O) groups is 2. The van der Waals surface area contributed by atoms with Gasteiger partial charge in [0.1, 0.15) is 0 Å². The van der Waals surface area contributed by atoms with E-state index >= 15 is 0 Å². The second-order valence-electron chi connectivity index (χ2n) is 8.23. The largest absolute Gasteiger partial charge is 0.357 e. The number of allylic oxidation sites excluding steroid dienone is 2. The van der Waals surface area contributed by atoms with E-state index in [4.69, 9.17) is 0 Å². The minimum atomic E-state index is -0.428. The van der Waals surface area contributed by atoms with Crippen molar-refractivity contribution < 1.29 is 14.5 Å². The summed E-state index contributed by atoms with van der Waals surface area (Å²) in [6.45, 7) is 4.03. The molecule has 0 spiro atoms. The van der Waals surface area contributed by atoms with Gasteiger partial charge >= 0.3 is 0 Å². The first-order valence-electron chi connectivity index (χ1n) is 10.8. The van der Waals surface area contributed by atoms with Crippen LogP contribution in [0.25, 0.3) is 0 Å². The molecule has 1 aromatic rings. The van der Waals surface area contributed by atoms with Crippen molar-refractivity contribution in [2.75, 3.05) is 19.6 Å². The molecule has 2 fully saturated rings. The maximum absolute atomic E-state index is 12.7. The highest BCUT2D eigenvalue weighted by molar-refractivity contribution is 14.0. The second kappa shape index (κ2) is 10.4. The third kappa shape index (κ3) is 4.79. The average Bonchev–Trinajstić information content (AvgIpc) is 3.44. The number of nitro groups is 1. The Hall–Kier alpha value is -2.50.